The zero-order valence-corrected chi connectivity index (χ0v) is 13.4. The number of aryl methyl sites for hydroxylation is 1. The first-order valence-corrected chi connectivity index (χ1v) is 7.91. The van der Waals surface area contributed by atoms with Gasteiger partial charge in [-0.05, 0) is 51.1 Å². The Morgan fingerprint density at radius 2 is 2.20 bits per heavy atom. The summed E-state index contributed by atoms with van der Waals surface area (Å²) in [5.74, 6) is 0.816. The van der Waals surface area contributed by atoms with E-state index in [-0.39, 0.29) is 11.6 Å². The van der Waals surface area contributed by atoms with E-state index in [4.69, 9.17) is 4.74 Å². The van der Waals surface area contributed by atoms with E-state index in [1.807, 2.05) is 20.4 Å². The largest absolute Gasteiger partial charge is 0.376 e. The third-order valence-electron chi connectivity index (χ3n) is 4.82. The quantitative estimate of drug-likeness (QED) is 0.869. The highest BCUT2D eigenvalue weighted by molar-refractivity contribution is 5.14. The number of nitrogens with zero attached hydrogens (tertiary/aromatic N) is 2. The van der Waals surface area contributed by atoms with Crippen molar-refractivity contribution in [2.75, 3.05) is 14.2 Å². The van der Waals surface area contributed by atoms with Gasteiger partial charge in [-0.25, -0.2) is 0 Å². The Balaban J connectivity index is 2.27. The molecule has 4 nitrogen and oxygen atoms in total. The number of likely N-dealkylation sites (N-methyl/N-ethyl adjacent to an activating group) is 1. The van der Waals surface area contributed by atoms with E-state index in [1.165, 1.54) is 18.5 Å². The van der Waals surface area contributed by atoms with Crippen molar-refractivity contribution in [2.45, 2.75) is 64.1 Å². The topological polar surface area (TPSA) is 39.1 Å². The molecule has 1 aliphatic carbocycles. The molecule has 114 valence electrons. The van der Waals surface area contributed by atoms with Gasteiger partial charge in [0.15, 0.2) is 0 Å². The molecule has 1 aliphatic rings. The van der Waals surface area contributed by atoms with Crippen LogP contribution < -0.4 is 5.32 Å². The standard InChI is InChI=1S/C16H29N3O/c1-5-12-19-14(8-11-18-19)15(17-3)16(20-4)9-6-13(2)7-10-16/h8,11,13,15,17H,5-7,9-10,12H2,1-4H3. The number of ether oxygens (including phenoxy) is 1. The normalized spacial score (nSPS) is 28.5. The molecule has 0 radical (unpaired) electrons. The van der Waals surface area contributed by atoms with Crippen LogP contribution in [0, 0.1) is 5.92 Å². The number of hydrogen-bond donors (Lipinski definition) is 1. The van der Waals surface area contributed by atoms with E-state index in [0.717, 1.165) is 31.7 Å². The van der Waals surface area contributed by atoms with Gasteiger partial charge in [0, 0.05) is 19.9 Å². The molecule has 1 heterocycles. The fourth-order valence-electron chi connectivity index (χ4n) is 3.53. The second-order valence-corrected chi connectivity index (χ2v) is 6.15. The number of aromatic nitrogens is 2. The zero-order valence-electron chi connectivity index (χ0n) is 13.4. The zero-order chi connectivity index (χ0) is 14.6. The van der Waals surface area contributed by atoms with Crippen LogP contribution in [0.1, 0.15) is 57.7 Å². The summed E-state index contributed by atoms with van der Waals surface area (Å²) in [6.45, 7) is 5.50. The van der Waals surface area contributed by atoms with E-state index in [0.29, 0.717) is 0 Å². The van der Waals surface area contributed by atoms with Crippen molar-refractivity contribution in [3.8, 4) is 0 Å². The van der Waals surface area contributed by atoms with E-state index in [2.05, 4.69) is 35.0 Å². The van der Waals surface area contributed by atoms with Gasteiger partial charge < -0.3 is 10.1 Å². The first kappa shape index (κ1) is 15.5. The molecule has 20 heavy (non-hydrogen) atoms. The summed E-state index contributed by atoms with van der Waals surface area (Å²) in [6.07, 6.45) is 7.73. The molecule has 0 amide bonds. The lowest BCUT2D eigenvalue weighted by Crippen LogP contribution is -2.47. The minimum Gasteiger partial charge on any atom is -0.376 e. The van der Waals surface area contributed by atoms with Crippen LogP contribution in [0.5, 0.6) is 0 Å². The molecule has 1 N–H and O–H groups in total. The molecule has 1 atom stereocenters. The number of hydrogen-bond acceptors (Lipinski definition) is 3. The third-order valence-corrected chi connectivity index (χ3v) is 4.82. The monoisotopic (exact) mass is 279 g/mol. The van der Waals surface area contributed by atoms with Crippen LogP contribution >= 0.6 is 0 Å². The summed E-state index contributed by atoms with van der Waals surface area (Å²) in [6, 6.07) is 2.35. The Kier molecular flexibility index (Phi) is 5.22. The van der Waals surface area contributed by atoms with Gasteiger partial charge in [-0.1, -0.05) is 13.8 Å². The lowest BCUT2D eigenvalue weighted by Gasteiger charge is -2.44. The Labute approximate surface area is 122 Å². The van der Waals surface area contributed by atoms with Gasteiger partial charge in [0.25, 0.3) is 0 Å². The van der Waals surface area contributed by atoms with Crippen LogP contribution in [0.3, 0.4) is 0 Å². The maximum Gasteiger partial charge on any atom is 0.0887 e. The van der Waals surface area contributed by atoms with Gasteiger partial charge in [-0.15, -0.1) is 0 Å². The summed E-state index contributed by atoms with van der Waals surface area (Å²) in [5.41, 5.74) is 1.16. The highest BCUT2D eigenvalue weighted by Gasteiger charge is 2.42. The molecule has 1 aromatic rings. The highest BCUT2D eigenvalue weighted by Crippen LogP contribution is 2.42. The minimum absolute atomic E-state index is 0.0905. The number of rotatable bonds is 6. The molecule has 1 saturated carbocycles. The fourth-order valence-corrected chi connectivity index (χ4v) is 3.53. The van der Waals surface area contributed by atoms with E-state index in [9.17, 15) is 0 Å². The highest BCUT2D eigenvalue weighted by atomic mass is 16.5. The maximum atomic E-state index is 6.03. The van der Waals surface area contributed by atoms with Gasteiger partial charge in [0.2, 0.25) is 0 Å². The molecule has 4 heteroatoms. The van der Waals surface area contributed by atoms with E-state index in [1.54, 1.807) is 0 Å². The Bertz CT molecular complexity index is 408. The fraction of sp³-hybridized carbons (Fsp3) is 0.812. The summed E-state index contributed by atoms with van der Waals surface area (Å²) < 4.78 is 8.16. The number of methoxy groups -OCH3 is 1. The van der Waals surface area contributed by atoms with Crippen LogP contribution in [0.4, 0.5) is 0 Å². The second-order valence-electron chi connectivity index (χ2n) is 6.15. The van der Waals surface area contributed by atoms with Crippen molar-refractivity contribution in [1.82, 2.24) is 15.1 Å². The predicted octanol–water partition coefficient (Wildman–Crippen LogP) is 3.15. The summed E-state index contributed by atoms with van der Waals surface area (Å²) in [5, 5.41) is 7.96. The van der Waals surface area contributed by atoms with Crippen LogP contribution in [0.15, 0.2) is 12.3 Å². The van der Waals surface area contributed by atoms with E-state index >= 15 is 0 Å². The van der Waals surface area contributed by atoms with Crippen molar-refractivity contribution in [3.05, 3.63) is 18.0 Å². The Morgan fingerprint density at radius 1 is 1.50 bits per heavy atom. The molecule has 0 aliphatic heterocycles. The Hall–Kier alpha value is -0.870. The van der Waals surface area contributed by atoms with Crippen molar-refractivity contribution < 1.29 is 4.74 Å². The molecule has 0 spiro atoms. The number of nitrogens with one attached hydrogen (secondary N) is 1. The summed E-state index contributed by atoms with van der Waals surface area (Å²) in [7, 11) is 3.90. The van der Waals surface area contributed by atoms with Crippen LogP contribution in [0.25, 0.3) is 0 Å². The van der Waals surface area contributed by atoms with Crippen LogP contribution in [0.2, 0.25) is 0 Å². The summed E-state index contributed by atoms with van der Waals surface area (Å²) in [4.78, 5) is 0. The molecule has 0 saturated heterocycles. The molecule has 0 aromatic carbocycles. The minimum atomic E-state index is -0.0905. The molecule has 1 fully saturated rings. The lowest BCUT2D eigenvalue weighted by molar-refractivity contribution is -0.0763. The first-order chi connectivity index (χ1) is 9.66. The third kappa shape index (κ3) is 2.91. The molecule has 1 unspecified atom stereocenters. The van der Waals surface area contributed by atoms with Gasteiger partial charge in [-0.2, -0.15) is 5.10 Å². The van der Waals surface area contributed by atoms with Crippen molar-refractivity contribution in [3.63, 3.8) is 0 Å². The summed E-state index contributed by atoms with van der Waals surface area (Å²) >= 11 is 0. The second kappa shape index (κ2) is 6.72. The average molecular weight is 279 g/mol. The van der Waals surface area contributed by atoms with E-state index < -0.39 is 0 Å². The lowest BCUT2D eigenvalue weighted by atomic mass is 9.74. The molecule has 1 aromatic heterocycles. The molecular weight excluding hydrogens is 250 g/mol. The van der Waals surface area contributed by atoms with Gasteiger partial charge in [0.1, 0.15) is 0 Å². The van der Waals surface area contributed by atoms with Gasteiger partial charge >= 0.3 is 0 Å². The molecule has 2 rings (SSSR count). The smallest absolute Gasteiger partial charge is 0.0887 e. The van der Waals surface area contributed by atoms with Gasteiger partial charge in [-0.3, -0.25) is 4.68 Å². The molecule has 0 bridgehead atoms. The van der Waals surface area contributed by atoms with Crippen molar-refractivity contribution in [1.29, 1.82) is 0 Å². The van der Waals surface area contributed by atoms with Crippen LogP contribution in [-0.2, 0) is 11.3 Å². The average Bonchev–Trinajstić information content (AvgIpc) is 2.91. The Morgan fingerprint density at radius 3 is 2.75 bits per heavy atom. The van der Waals surface area contributed by atoms with Crippen molar-refractivity contribution in [2.24, 2.45) is 5.92 Å². The van der Waals surface area contributed by atoms with Gasteiger partial charge in [0.05, 0.1) is 17.3 Å². The first-order valence-electron chi connectivity index (χ1n) is 7.91. The predicted molar refractivity (Wildman–Crippen MR) is 81.7 cm³/mol. The molecular formula is C16H29N3O. The van der Waals surface area contributed by atoms with Crippen molar-refractivity contribution >= 4 is 0 Å². The SMILES string of the molecule is CCCn1nccc1C(NC)C1(OC)CCC(C)CC1. The maximum absolute atomic E-state index is 6.03. The van der Waals surface area contributed by atoms with Crippen LogP contribution in [-0.4, -0.2) is 29.5 Å².